The molecular formula is C17H21BrN2O4. The molecule has 0 saturated carbocycles. The van der Waals surface area contributed by atoms with Crippen LogP contribution in [0.1, 0.15) is 25.5 Å². The third kappa shape index (κ3) is 4.82. The van der Waals surface area contributed by atoms with E-state index < -0.39 is 17.9 Å². The van der Waals surface area contributed by atoms with Crippen molar-refractivity contribution in [3.8, 4) is 0 Å². The van der Waals surface area contributed by atoms with Crippen LogP contribution < -0.4 is 10.6 Å². The first kappa shape index (κ1) is 18.5. The molecule has 2 N–H and O–H groups in total. The van der Waals surface area contributed by atoms with Crippen LogP contribution in [-0.4, -0.2) is 31.3 Å². The van der Waals surface area contributed by atoms with Crippen molar-refractivity contribution >= 4 is 27.9 Å². The number of carbonyl (C=O) groups excluding carboxylic acids is 2. The summed E-state index contributed by atoms with van der Waals surface area (Å²) in [5.74, 6) is -1.16. The maximum atomic E-state index is 12.5. The maximum absolute atomic E-state index is 12.5. The van der Waals surface area contributed by atoms with Gasteiger partial charge in [0.25, 0.3) is 0 Å². The molecule has 1 heterocycles. The number of rotatable bonds is 6. The maximum Gasteiger partial charge on any atom is 0.319 e. The molecule has 2 amide bonds. The Morgan fingerprint density at radius 1 is 1.29 bits per heavy atom. The average Bonchev–Trinajstić information content (AvgIpc) is 2.51. The summed E-state index contributed by atoms with van der Waals surface area (Å²) in [7, 11) is 0. The molecule has 2 rings (SSSR count). The summed E-state index contributed by atoms with van der Waals surface area (Å²) in [6, 6.07) is 6.47. The SMILES string of the molecule is C=C1NC(=O)N[C@H](c2ccc(Br)cc2)[C@H]1C(=O)OCCOC(C)C. The molecule has 6 nitrogen and oxygen atoms in total. The molecule has 1 fully saturated rings. The Labute approximate surface area is 149 Å². The van der Waals surface area contributed by atoms with Crippen molar-refractivity contribution < 1.29 is 19.1 Å². The number of carbonyl (C=O) groups is 2. The zero-order chi connectivity index (χ0) is 17.7. The summed E-state index contributed by atoms with van der Waals surface area (Å²) >= 11 is 3.37. The molecule has 2 atom stereocenters. The van der Waals surface area contributed by atoms with Gasteiger partial charge in [-0.1, -0.05) is 34.6 Å². The number of hydrogen-bond donors (Lipinski definition) is 2. The van der Waals surface area contributed by atoms with Crippen molar-refractivity contribution in [1.29, 1.82) is 0 Å². The van der Waals surface area contributed by atoms with Crippen molar-refractivity contribution in [2.75, 3.05) is 13.2 Å². The molecule has 1 saturated heterocycles. The molecule has 0 unspecified atom stereocenters. The highest BCUT2D eigenvalue weighted by Gasteiger charge is 2.38. The average molecular weight is 397 g/mol. The van der Waals surface area contributed by atoms with E-state index in [-0.39, 0.29) is 18.7 Å². The lowest BCUT2D eigenvalue weighted by atomic mass is 9.89. The van der Waals surface area contributed by atoms with Crippen LogP contribution in [0.2, 0.25) is 0 Å². The first-order chi connectivity index (χ1) is 11.4. The van der Waals surface area contributed by atoms with Gasteiger partial charge in [-0.15, -0.1) is 0 Å². The minimum Gasteiger partial charge on any atom is -0.463 e. The molecule has 130 valence electrons. The topological polar surface area (TPSA) is 76.7 Å². The Morgan fingerprint density at radius 3 is 2.58 bits per heavy atom. The fourth-order valence-electron chi connectivity index (χ4n) is 2.43. The molecule has 0 bridgehead atoms. The van der Waals surface area contributed by atoms with Crippen LogP contribution in [0.5, 0.6) is 0 Å². The number of amides is 2. The van der Waals surface area contributed by atoms with Crippen molar-refractivity contribution in [3.05, 3.63) is 46.6 Å². The molecule has 0 spiro atoms. The Morgan fingerprint density at radius 2 is 1.96 bits per heavy atom. The standard InChI is InChI=1S/C17H21BrN2O4/c1-10(2)23-8-9-24-16(21)14-11(3)19-17(22)20-15(14)12-4-6-13(18)7-5-12/h4-7,10,14-15H,3,8-9H2,1-2H3,(H2,19,20,22)/t14-,15+/m0/s1. The fourth-order valence-corrected chi connectivity index (χ4v) is 2.69. The van der Waals surface area contributed by atoms with Crippen LogP contribution >= 0.6 is 15.9 Å². The minimum atomic E-state index is -0.706. The quantitative estimate of drug-likeness (QED) is 0.572. The number of nitrogens with one attached hydrogen (secondary N) is 2. The normalized spacial score (nSPS) is 20.5. The van der Waals surface area contributed by atoms with Gasteiger partial charge in [-0.3, -0.25) is 4.79 Å². The fraction of sp³-hybridized carbons (Fsp3) is 0.412. The highest BCUT2D eigenvalue weighted by atomic mass is 79.9. The lowest BCUT2D eigenvalue weighted by Gasteiger charge is -2.33. The third-order valence-corrected chi connectivity index (χ3v) is 4.06. The van der Waals surface area contributed by atoms with E-state index in [9.17, 15) is 9.59 Å². The first-order valence-electron chi connectivity index (χ1n) is 7.68. The summed E-state index contributed by atoms with van der Waals surface area (Å²) in [4.78, 5) is 24.2. The Hall–Kier alpha value is -1.86. The van der Waals surface area contributed by atoms with Gasteiger partial charge >= 0.3 is 12.0 Å². The second-order valence-electron chi connectivity index (χ2n) is 5.72. The predicted octanol–water partition coefficient (Wildman–Crippen LogP) is 2.90. The molecule has 1 aromatic carbocycles. The van der Waals surface area contributed by atoms with Crippen LogP contribution in [0.15, 0.2) is 41.0 Å². The number of ether oxygens (including phenoxy) is 2. The van der Waals surface area contributed by atoms with E-state index in [1.54, 1.807) is 0 Å². The van der Waals surface area contributed by atoms with E-state index >= 15 is 0 Å². The van der Waals surface area contributed by atoms with Crippen molar-refractivity contribution in [2.24, 2.45) is 5.92 Å². The second kappa shape index (κ2) is 8.30. The second-order valence-corrected chi connectivity index (χ2v) is 6.63. The van der Waals surface area contributed by atoms with Gasteiger partial charge in [0.2, 0.25) is 0 Å². The molecule has 7 heteroatoms. The van der Waals surface area contributed by atoms with Gasteiger partial charge < -0.3 is 20.1 Å². The number of hydrogen-bond acceptors (Lipinski definition) is 4. The summed E-state index contributed by atoms with van der Waals surface area (Å²) in [6.45, 7) is 8.10. The molecular weight excluding hydrogens is 376 g/mol. The van der Waals surface area contributed by atoms with Crippen LogP contribution in [-0.2, 0) is 14.3 Å². The van der Waals surface area contributed by atoms with Crippen LogP contribution in [0, 0.1) is 5.92 Å². The Balaban J connectivity index is 2.10. The van der Waals surface area contributed by atoms with Crippen LogP contribution in [0.25, 0.3) is 0 Å². The van der Waals surface area contributed by atoms with Crippen LogP contribution in [0.4, 0.5) is 4.79 Å². The zero-order valence-corrected chi connectivity index (χ0v) is 15.3. The monoisotopic (exact) mass is 396 g/mol. The van der Waals surface area contributed by atoms with Gasteiger partial charge in [0.15, 0.2) is 0 Å². The van der Waals surface area contributed by atoms with E-state index in [1.165, 1.54) is 0 Å². The molecule has 1 aromatic rings. The number of benzene rings is 1. The molecule has 1 aliphatic rings. The highest BCUT2D eigenvalue weighted by Crippen LogP contribution is 2.31. The predicted molar refractivity (Wildman–Crippen MR) is 93.2 cm³/mol. The summed E-state index contributed by atoms with van der Waals surface area (Å²) in [5.41, 5.74) is 1.12. The smallest absolute Gasteiger partial charge is 0.319 e. The zero-order valence-electron chi connectivity index (χ0n) is 13.7. The number of urea groups is 1. The van der Waals surface area contributed by atoms with Crippen LogP contribution in [0.3, 0.4) is 0 Å². The Kier molecular flexibility index (Phi) is 6.39. The number of halogens is 1. The van der Waals surface area contributed by atoms with E-state index in [0.29, 0.717) is 12.3 Å². The Bertz CT molecular complexity index is 616. The van der Waals surface area contributed by atoms with Gasteiger partial charge in [-0.2, -0.15) is 0 Å². The highest BCUT2D eigenvalue weighted by molar-refractivity contribution is 9.10. The summed E-state index contributed by atoms with van der Waals surface area (Å²) in [6.07, 6.45) is 0.0739. The summed E-state index contributed by atoms with van der Waals surface area (Å²) in [5, 5.41) is 5.31. The molecule has 24 heavy (non-hydrogen) atoms. The van der Waals surface area contributed by atoms with E-state index in [0.717, 1.165) is 10.0 Å². The first-order valence-corrected chi connectivity index (χ1v) is 8.48. The van der Waals surface area contributed by atoms with E-state index in [4.69, 9.17) is 9.47 Å². The van der Waals surface area contributed by atoms with Gasteiger partial charge in [0.1, 0.15) is 12.5 Å². The molecule has 0 aromatic heterocycles. The van der Waals surface area contributed by atoms with Gasteiger partial charge in [0, 0.05) is 10.2 Å². The number of esters is 1. The van der Waals surface area contributed by atoms with E-state index in [1.807, 2.05) is 38.1 Å². The molecule has 0 aliphatic carbocycles. The molecule has 1 aliphatic heterocycles. The van der Waals surface area contributed by atoms with Gasteiger partial charge in [0.05, 0.1) is 18.8 Å². The van der Waals surface area contributed by atoms with Gasteiger partial charge in [-0.05, 0) is 31.5 Å². The third-order valence-electron chi connectivity index (χ3n) is 3.53. The summed E-state index contributed by atoms with van der Waals surface area (Å²) < 4.78 is 11.6. The van der Waals surface area contributed by atoms with E-state index in [2.05, 4.69) is 33.1 Å². The van der Waals surface area contributed by atoms with Crippen molar-refractivity contribution in [2.45, 2.75) is 26.0 Å². The molecule has 0 radical (unpaired) electrons. The lowest BCUT2D eigenvalue weighted by molar-refractivity contribution is -0.150. The van der Waals surface area contributed by atoms with Crippen molar-refractivity contribution in [1.82, 2.24) is 10.6 Å². The van der Waals surface area contributed by atoms with Gasteiger partial charge in [-0.25, -0.2) is 4.79 Å². The van der Waals surface area contributed by atoms with Crippen molar-refractivity contribution in [3.63, 3.8) is 0 Å². The largest absolute Gasteiger partial charge is 0.463 e. The minimum absolute atomic E-state index is 0.0739. The lowest BCUT2D eigenvalue weighted by Crippen LogP contribution is -2.51.